The van der Waals surface area contributed by atoms with Crippen LogP contribution in [0.3, 0.4) is 0 Å². The van der Waals surface area contributed by atoms with Crippen molar-refractivity contribution in [1.29, 1.82) is 0 Å². The van der Waals surface area contributed by atoms with Crippen molar-refractivity contribution in [2.75, 3.05) is 31.1 Å². The number of benzene rings is 2. The Labute approximate surface area is 180 Å². The standard InChI is InChI=1S/C22H24Cl2N4O/c1-15-3-8-20(16(2)13-15)27-11-9-26(10-12-27)14-19-21(24)22(29)28(25-19)18-6-4-17(23)5-7-18/h3-8,13,25H,9-12,14H2,1-2H3. The highest BCUT2D eigenvalue weighted by atomic mass is 35.5. The molecule has 0 atom stereocenters. The van der Waals surface area contributed by atoms with Gasteiger partial charge in [0.15, 0.2) is 0 Å². The van der Waals surface area contributed by atoms with E-state index in [0.717, 1.165) is 31.9 Å². The lowest BCUT2D eigenvalue weighted by Gasteiger charge is -2.36. The van der Waals surface area contributed by atoms with Gasteiger partial charge in [-0.3, -0.25) is 14.8 Å². The van der Waals surface area contributed by atoms with E-state index in [4.69, 9.17) is 23.2 Å². The highest BCUT2D eigenvalue weighted by Crippen LogP contribution is 2.23. The van der Waals surface area contributed by atoms with E-state index in [2.05, 4.69) is 46.9 Å². The van der Waals surface area contributed by atoms with Crippen LogP contribution in [0.15, 0.2) is 47.3 Å². The van der Waals surface area contributed by atoms with Crippen molar-refractivity contribution in [3.05, 3.63) is 79.7 Å². The number of halogens is 2. The Bertz CT molecular complexity index is 1060. The lowest BCUT2D eigenvalue weighted by Crippen LogP contribution is -2.46. The molecular formula is C22H24Cl2N4O. The molecule has 29 heavy (non-hydrogen) atoms. The molecule has 152 valence electrons. The van der Waals surface area contributed by atoms with Crippen molar-refractivity contribution >= 4 is 28.9 Å². The number of piperazine rings is 1. The van der Waals surface area contributed by atoms with Crippen LogP contribution in [0.5, 0.6) is 0 Å². The molecule has 1 aliphatic rings. The zero-order valence-corrected chi connectivity index (χ0v) is 18.1. The molecule has 0 radical (unpaired) electrons. The minimum absolute atomic E-state index is 0.238. The summed E-state index contributed by atoms with van der Waals surface area (Å²) in [6, 6.07) is 13.7. The van der Waals surface area contributed by atoms with Crippen molar-refractivity contribution in [3.63, 3.8) is 0 Å². The van der Waals surface area contributed by atoms with Crippen LogP contribution >= 0.6 is 23.2 Å². The van der Waals surface area contributed by atoms with E-state index in [1.807, 2.05) is 0 Å². The Balaban J connectivity index is 1.45. The molecule has 0 spiro atoms. The molecule has 2 aromatic carbocycles. The summed E-state index contributed by atoms with van der Waals surface area (Å²) in [5.74, 6) is 0. The van der Waals surface area contributed by atoms with Gasteiger partial charge in [0.25, 0.3) is 5.56 Å². The number of hydrogen-bond donors (Lipinski definition) is 1. The Morgan fingerprint density at radius 2 is 1.66 bits per heavy atom. The SMILES string of the molecule is Cc1ccc(N2CCN(Cc3[nH]n(-c4ccc(Cl)cc4)c(=O)c3Cl)CC2)c(C)c1. The smallest absolute Gasteiger partial charge is 0.290 e. The molecule has 0 amide bonds. The van der Waals surface area contributed by atoms with Gasteiger partial charge in [-0.2, -0.15) is 0 Å². The molecule has 7 heteroatoms. The zero-order chi connectivity index (χ0) is 20.5. The van der Waals surface area contributed by atoms with Gasteiger partial charge in [-0.25, -0.2) is 4.68 Å². The Morgan fingerprint density at radius 1 is 0.966 bits per heavy atom. The van der Waals surface area contributed by atoms with E-state index in [1.165, 1.54) is 21.5 Å². The molecule has 1 aliphatic heterocycles. The van der Waals surface area contributed by atoms with Gasteiger partial charge in [0.05, 0.1) is 11.4 Å². The number of aromatic nitrogens is 2. The van der Waals surface area contributed by atoms with Gasteiger partial charge in [0.1, 0.15) is 5.02 Å². The fourth-order valence-corrected chi connectivity index (χ4v) is 4.18. The molecular weight excluding hydrogens is 407 g/mol. The number of hydrogen-bond acceptors (Lipinski definition) is 3. The molecule has 1 aromatic heterocycles. The Kier molecular flexibility index (Phi) is 5.72. The van der Waals surface area contributed by atoms with Crippen LogP contribution in [0.4, 0.5) is 5.69 Å². The summed E-state index contributed by atoms with van der Waals surface area (Å²) in [6.45, 7) is 8.63. The van der Waals surface area contributed by atoms with Crippen LogP contribution in [0.2, 0.25) is 10.0 Å². The van der Waals surface area contributed by atoms with Crippen molar-refractivity contribution < 1.29 is 0 Å². The number of nitrogens with zero attached hydrogens (tertiary/aromatic N) is 3. The molecule has 1 N–H and O–H groups in total. The van der Waals surface area contributed by atoms with E-state index < -0.39 is 0 Å². The van der Waals surface area contributed by atoms with Gasteiger partial charge in [0.2, 0.25) is 0 Å². The average molecular weight is 431 g/mol. The zero-order valence-electron chi connectivity index (χ0n) is 16.6. The van der Waals surface area contributed by atoms with Crippen LogP contribution in [0.1, 0.15) is 16.8 Å². The quantitative estimate of drug-likeness (QED) is 0.666. The first-order chi connectivity index (χ1) is 13.9. The van der Waals surface area contributed by atoms with E-state index in [0.29, 0.717) is 17.3 Å². The van der Waals surface area contributed by atoms with Gasteiger partial charge in [-0.15, -0.1) is 0 Å². The van der Waals surface area contributed by atoms with Gasteiger partial charge >= 0.3 is 0 Å². The second-order valence-corrected chi connectivity index (χ2v) is 8.39. The largest absolute Gasteiger partial charge is 0.369 e. The summed E-state index contributed by atoms with van der Waals surface area (Å²) >= 11 is 12.3. The normalized spacial score (nSPS) is 15.1. The Morgan fingerprint density at radius 3 is 2.31 bits per heavy atom. The molecule has 1 saturated heterocycles. The van der Waals surface area contributed by atoms with Crippen molar-refractivity contribution in [1.82, 2.24) is 14.7 Å². The van der Waals surface area contributed by atoms with Crippen LogP contribution in [0, 0.1) is 13.8 Å². The number of H-pyrrole nitrogens is 1. The third kappa shape index (κ3) is 4.22. The highest BCUT2D eigenvalue weighted by Gasteiger charge is 2.21. The maximum atomic E-state index is 12.6. The van der Waals surface area contributed by atoms with Gasteiger partial charge < -0.3 is 4.90 Å². The van der Waals surface area contributed by atoms with E-state index >= 15 is 0 Å². The van der Waals surface area contributed by atoms with Crippen LogP contribution in [-0.4, -0.2) is 40.9 Å². The van der Waals surface area contributed by atoms with Gasteiger partial charge in [-0.1, -0.05) is 40.9 Å². The summed E-state index contributed by atoms with van der Waals surface area (Å²) in [5, 5.41) is 4.04. The minimum atomic E-state index is -0.238. The van der Waals surface area contributed by atoms with Crippen LogP contribution < -0.4 is 10.5 Å². The topological polar surface area (TPSA) is 44.3 Å². The number of aromatic amines is 1. The van der Waals surface area contributed by atoms with E-state index in [1.54, 1.807) is 24.3 Å². The van der Waals surface area contributed by atoms with Gasteiger partial charge in [-0.05, 0) is 49.7 Å². The fourth-order valence-electron chi connectivity index (χ4n) is 3.87. The van der Waals surface area contributed by atoms with E-state index in [9.17, 15) is 4.79 Å². The second kappa shape index (κ2) is 8.27. The first-order valence-electron chi connectivity index (χ1n) is 9.72. The molecule has 3 aromatic rings. The number of nitrogens with one attached hydrogen (secondary N) is 1. The maximum absolute atomic E-state index is 12.6. The summed E-state index contributed by atoms with van der Waals surface area (Å²) < 4.78 is 1.47. The summed E-state index contributed by atoms with van der Waals surface area (Å²) in [7, 11) is 0. The van der Waals surface area contributed by atoms with Crippen LogP contribution in [0.25, 0.3) is 5.69 Å². The molecule has 5 nitrogen and oxygen atoms in total. The monoisotopic (exact) mass is 430 g/mol. The fraction of sp³-hybridized carbons (Fsp3) is 0.318. The summed E-state index contributed by atoms with van der Waals surface area (Å²) in [5.41, 5.74) is 5.12. The maximum Gasteiger partial charge on any atom is 0.290 e. The third-order valence-electron chi connectivity index (χ3n) is 5.43. The average Bonchev–Trinajstić information content (AvgIpc) is 2.98. The van der Waals surface area contributed by atoms with E-state index in [-0.39, 0.29) is 10.6 Å². The summed E-state index contributed by atoms with van der Waals surface area (Å²) in [4.78, 5) is 17.3. The van der Waals surface area contributed by atoms with Crippen LogP contribution in [-0.2, 0) is 6.54 Å². The highest BCUT2D eigenvalue weighted by molar-refractivity contribution is 6.31. The molecule has 4 rings (SSSR count). The Hall–Kier alpha value is -2.21. The first kappa shape index (κ1) is 20.1. The molecule has 1 fully saturated rings. The third-order valence-corrected chi connectivity index (χ3v) is 6.08. The van der Waals surface area contributed by atoms with Crippen molar-refractivity contribution in [2.45, 2.75) is 20.4 Å². The lowest BCUT2D eigenvalue weighted by atomic mass is 10.1. The van der Waals surface area contributed by atoms with Crippen molar-refractivity contribution in [3.8, 4) is 5.69 Å². The predicted molar refractivity (Wildman–Crippen MR) is 120 cm³/mol. The number of rotatable bonds is 4. The molecule has 0 unspecified atom stereocenters. The second-order valence-electron chi connectivity index (χ2n) is 7.57. The molecule has 0 saturated carbocycles. The first-order valence-corrected chi connectivity index (χ1v) is 10.5. The molecule has 2 heterocycles. The molecule has 0 bridgehead atoms. The van der Waals surface area contributed by atoms with Crippen molar-refractivity contribution in [2.24, 2.45) is 0 Å². The summed E-state index contributed by atoms with van der Waals surface area (Å²) in [6.07, 6.45) is 0. The number of anilines is 1. The lowest BCUT2D eigenvalue weighted by molar-refractivity contribution is 0.246. The number of aryl methyl sites for hydroxylation is 2. The molecule has 0 aliphatic carbocycles. The minimum Gasteiger partial charge on any atom is -0.369 e. The predicted octanol–water partition coefficient (Wildman–Crippen LogP) is 4.41. The van der Waals surface area contributed by atoms with Gasteiger partial charge in [0, 0.05) is 43.4 Å².